The Morgan fingerprint density at radius 1 is 1.44 bits per heavy atom. The maximum Gasteiger partial charge on any atom is 0.105 e. The van der Waals surface area contributed by atoms with Crippen LogP contribution in [-0.4, -0.2) is 19.3 Å². The number of furan rings is 1. The zero-order valence-electron chi connectivity index (χ0n) is 12.0. The van der Waals surface area contributed by atoms with Crippen molar-refractivity contribution >= 4 is 0 Å². The Kier molecular flexibility index (Phi) is 4.46. The van der Waals surface area contributed by atoms with Crippen molar-refractivity contribution in [2.75, 3.05) is 13.2 Å². The Balaban J connectivity index is 2.16. The van der Waals surface area contributed by atoms with Gasteiger partial charge in [0.15, 0.2) is 0 Å². The van der Waals surface area contributed by atoms with Crippen LogP contribution in [0.15, 0.2) is 10.5 Å². The van der Waals surface area contributed by atoms with Crippen LogP contribution in [0.2, 0.25) is 0 Å². The molecule has 1 fully saturated rings. The van der Waals surface area contributed by atoms with Crippen molar-refractivity contribution < 1.29 is 9.15 Å². The van der Waals surface area contributed by atoms with Gasteiger partial charge in [-0.15, -0.1) is 0 Å². The minimum Gasteiger partial charge on any atom is -0.466 e. The van der Waals surface area contributed by atoms with Gasteiger partial charge in [0.2, 0.25) is 0 Å². The van der Waals surface area contributed by atoms with Crippen LogP contribution in [0.25, 0.3) is 0 Å². The number of aryl methyl sites for hydroxylation is 2. The Morgan fingerprint density at radius 3 is 2.72 bits per heavy atom. The molecule has 2 rings (SSSR count). The normalized spacial score (nSPS) is 25.6. The molecule has 1 aliphatic rings. The highest BCUT2D eigenvalue weighted by Gasteiger charge is 2.32. The summed E-state index contributed by atoms with van der Waals surface area (Å²) in [6, 6.07) is 2.54. The van der Waals surface area contributed by atoms with Crippen molar-refractivity contribution in [2.45, 2.75) is 52.7 Å². The molecular weight excluding hydrogens is 226 g/mol. The second-order valence-corrected chi connectivity index (χ2v) is 5.44. The van der Waals surface area contributed by atoms with Crippen LogP contribution in [0.5, 0.6) is 0 Å². The first-order chi connectivity index (χ1) is 8.61. The fourth-order valence-electron chi connectivity index (χ4n) is 2.87. The fourth-order valence-corrected chi connectivity index (χ4v) is 2.87. The first-order valence-electron chi connectivity index (χ1n) is 7.03. The van der Waals surface area contributed by atoms with Crippen molar-refractivity contribution in [3.8, 4) is 0 Å². The SMILES string of the molecule is CCCNC(c1cc(C)oc1C)C1COC(C)C1. The lowest BCUT2D eigenvalue weighted by atomic mass is 9.91. The predicted octanol–water partition coefficient (Wildman–Crippen LogP) is 3.36. The molecule has 2 heterocycles. The lowest BCUT2D eigenvalue weighted by Crippen LogP contribution is -2.29. The van der Waals surface area contributed by atoms with Crippen molar-refractivity contribution in [1.29, 1.82) is 0 Å². The number of hydrogen-bond acceptors (Lipinski definition) is 3. The van der Waals surface area contributed by atoms with Gasteiger partial charge in [-0.25, -0.2) is 0 Å². The standard InChI is InChI=1S/C15H25NO2/c1-5-6-16-15(13-7-10(2)17-9-13)14-8-11(3)18-12(14)4/h8,10,13,15-16H,5-7,9H2,1-4H3. The monoisotopic (exact) mass is 251 g/mol. The second-order valence-electron chi connectivity index (χ2n) is 5.44. The van der Waals surface area contributed by atoms with Crippen LogP contribution in [0.3, 0.4) is 0 Å². The van der Waals surface area contributed by atoms with Crippen LogP contribution in [0.4, 0.5) is 0 Å². The maximum atomic E-state index is 5.72. The van der Waals surface area contributed by atoms with E-state index in [1.165, 1.54) is 5.56 Å². The van der Waals surface area contributed by atoms with Gasteiger partial charge in [-0.2, -0.15) is 0 Å². The smallest absolute Gasteiger partial charge is 0.105 e. The summed E-state index contributed by atoms with van der Waals surface area (Å²) in [4.78, 5) is 0. The summed E-state index contributed by atoms with van der Waals surface area (Å²) in [7, 11) is 0. The molecule has 0 aromatic carbocycles. The molecule has 102 valence electrons. The molecule has 3 nitrogen and oxygen atoms in total. The highest BCUT2D eigenvalue weighted by Crippen LogP contribution is 2.34. The van der Waals surface area contributed by atoms with Gasteiger partial charge in [-0.1, -0.05) is 6.92 Å². The van der Waals surface area contributed by atoms with Gasteiger partial charge in [-0.3, -0.25) is 0 Å². The largest absolute Gasteiger partial charge is 0.466 e. The molecule has 1 N–H and O–H groups in total. The zero-order valence-corrected chi connectivity index (χ0v) is 12.0. The van der Waals surface area contributed by atoms with Crippen LogP contribution in [-0.2, 0) is 4.74 Å². The fraction of sp³-hybridized carbons (Fsp3) is 0.733. The van der Waals surface area contributed by atoms with Crippen LogP contribution in [0.1, 0.15) is 49.8 Å². The van der Waals surface area contributed by atoms with E-state index in [0.29, 0.717) is 18.1 Å². The first kappa shape index (κ1) is 13.6. The first-order valence-corrected chi connectivity index (χ1v) is 7.03. The number of rotatable bonds is 5. The third kappa shape index (κ3) is 2.96. The lowest BCUT2D eigenvalue weighted by Gasteiger charge is -2.23. The summed E-state index contributed by atoms with van der Waals surface area (Å²) in [5.74, 6) is 2.60. The Morgan fingerprint density at radius 2 is 2.22 bits per heavy atom. The molecule has 1 saturated heterocycles. The Labute approximate surface area is 110 Å². The topological polar surface area (TPSA) is 34.4 Å². The van der Waals surface area contributed by atoms with Gasteiger partial charge >= 0.3 is 0 Å². The number of ether oxygens (including phenoxy) is 1. The average Bonchev–Trinajstić information content (AvgIpc) is 2.87. The van der Waals surface area contributed by atoms with E-state index >= 15 is 0 Å². The van der Waals surface area contributed by atoms with E-state index in [1.54, 1.807) is 0 Å². The third-order valence-corrected chi connectivity index (χ3v) is 3.73. The summed E-state index contributed by atoms with van der Waals surface area (Å²) in [5, 5.41) is 3.66. The van der Waals surface area contributed by atoms with Crippen molar-refractivity contribution in [1.82, 2.24) is 5.32 Å². The van der Waals surface area contributed by atoms with E-state index in [-0.39, 0.29) is 0 Å². The van der Waals surface area contributed by atoms with Crippen molar-refractivity contribution in [2.24, 2.45) is 5.92 Å². The Bertz CT molecular complexity index is 386. The van der Waals surface area contributed by atoms with E-state index in [2.05, 4.69) is 32.2 Å². The molecule has 0 aliphatic carbocycles. The minimum absolute atomic E-state index is 0.368. The Hall–Kier alpha value is -0.800. The quantitative estimate of drug-likeness (QED) is 0.871. The van der Waals surface area contributed by atoms with Gasteiger partial charge < -0.3 is 14.5 Å². The van der Waals surface area contributed by atoms with Crippen molar-refractivity contribution in [3.05, 3.63) is 23.2 Å². The number of nitrogens with one attached hydrogen (secondary N) is 1. The molecular formula is C15H25NO2. The van der Waals surface area contributed by atoms with Crippen LogP contribution in [0, 0.1) is 19.8 Å². The van der Waals surface area contributed by atoms with E-state index in [4.69, 9.17) is 9.15 Å². The molecule has 0 spiro atoms. The molecule has 18 heavy (non-hydrogen) atoms. The summed E-state index contributed by atoms with van der Waals surface area (Å²) in [6.07, 6.45) is 2.66. The molecule has 1 aliphatic heterocycles. The highest BCUT2D eigenvalue weighted by atomic mass is 16.5. The molecule has 3 heteroatoms. The third-order valence-electron chi connectivity index (χ3n) is 3.73. The summed E-state index contributed by atoms with van der Waals surface area (Å²) in [6.45, 7) is 10.3. The lowest BCUT2D eigenvalue weighted by molar-refractivity contribution is 0.116. The van der Waals surface area contributed by atoms with E-state index in [9.17, 15) is 0 Å². The highest BCUT2D eigenvalue weighted by molar-refractivity contribution is 5.25. The van der Waals surface area contributed by atoms with Gasteiger partial charge in [0, 0.05) is 17.5 Å². The van der Waals surface area contributed by atoms with Gasteiger partial charge in [0.05, 0.1) is 12.7 Å². The molecule has 1 aromatic heterocycles. The molecule has 0 amide bonds. The van der Waals surface area contributed by atoms with Crippen LogP contribution < -0.4 is 5.32 Å². The van der Waals surface area contributed by atoms with Gasteiger partial charge in [-0.05, 0) is 46.2 Å². The van der Waals surface area contributed by atoms with Gasteiger partial charge in [0.25, 0.3) is 0 Å². The summed E-state index contributed by atoms with van der Waals surface area (Å²) < 4.78 is 11.4. The predicted molar refractivity (Wildman–Crippen MR) is 72.7 cm³/mol. The minimum atomic E-state index is 0.368. The van der Waals surface area contributed by atoms with Crippen molar-refractivity contribution in [3.63, 3.8) is 0 Å². The molecule has 0 radical (unpaired) electrons. The van der Waals surface area contributed by atoms with E-state index < -0.39 is 0 Å². The summed E-state index contributed by atoms with van der Waals surface area (Å²) >= 11 is 0. The summed E-state index contributed by atoms with van der Waals surface area (Å²) in [5.41, 5.74) is 1.31. The second kappa shape index (κ2) is 5.89. The average molecular weight is 251 g/mol. The number of hydrogen-bond donors (Lipinski definition) is 1. The molecule has 0 saturated carbocycles. The molecule has 3 atom stereocenters. The maximum absolute atomic E-state index is 5.72. The van der Waals surface area contributed by atoms with Gasteiger partial charge in [0.1, 0.15) is 11.5 Å². The molecule has 3 unspecified atom stereocenters. The zero-order chi connectivity index (χ0) is 13.1. The van der Waals surface area contributed by atoms with Crippen LogP contribution >= 0.6 is 0 Å². The molecule has 0 bridgehead atoms. The van der Waals surface area contributed by atoms with E-state index in [0.717, 1.165) is 37.5 Å². The molecule has 1 aromatic rings. The van der Waals surface area contributed by atoms with E-state index in [1.807, 2.05) is 6.92 Å².